The number of anilines is 1. The van der Waals surface area contributed by atoms with Gasteiger partial charge in [-0.05, 0) is 66.6 Å². The number of nitrogens with zero attached hydrogens (tertiary/aromatic N) is 1. The predicted molar refractivity (Wildman–Crippen MR) is 110 cm³/mol. The van der Waals surface area contributed by atoms with Crippen molar-refractivity contribution < 1.29 is 4.74 Å². The Morgan fingerprint density at radius 1 is 1.00 bits per heavy atom. The molecule has 1 aromatic heterocycles. The molecule has 1 N–H and O–H groups in total. The Kier molecular flexibility index (Phi) is 4.59. The van der Waals surface area contributed by atoms with Gasteiger partial charge in [0.2, 0.25) is 0 Å². The highest BCUT2D eigenvalue weighted by molar-refractivity contribution is 7.21. The zero-order chi connectivity index (χ0) is 17.9. The molecule has 130 valence electrons. The van der Waals surface area contributed by atoms with Crippen molar-refractivity contribution in [2.75, 3.05) is 12.4 Å². The number of rotatable bonds is 5. The summed E-state index contributed by atoms with van der Waals surface area (Å²) in [6, 6.07) is 23.0. The Morgan fingerprint density at radius 2 is 1.85 bits per heavy atom. The van der Waals surface area contributed by atoms with Crippen LogP contribution in [0.3, 0.4) is 0 Å². The van der Waals surface area contributed by atoms with Gasteiger partial charge < -0.3 is 10.1 Å². The average molecular weight is 360 g/mol. The molecule has 1 heterocycles. The van der Waals surface area contributed by atoms with E-state index in [-0.39, 0.29) is 0 Å². The topological polar surface area (TPSA) is 34.1 Å². The van der Waals surface area contributed by atoms with Gasteiger partial charge in [-0.3, -0.25) is 0 Å². The third-order valence-corrected chi connectivity index (χ3v) is 5.37. The summed E-state index contributed by atoms with van der Waals surface area (Å²) in [6.07, 6.45) is 0. The third kappa shape index (κ3) is 3.55. The first-order chi connectivity index (χ1) is 12.7. The van der Waals surface area contributed by atoms with Crippen LogP contribution >= 0.6 is 11.3 Å². The molecule has 4 rings (SSSR count). The number of benzene rings is 3. The van der Waals surface area contributed by atoms with Crippen LogP contribution in [0.15, 0.2) is 66.7 Å². The Balaban J connectivity index is 1.48. The Hall–Kier alpha value is -2.85. The van der Waals surface area contributed by atoms with E-state index < -0.39 is 0 Å². The zero-order valence-electron chi connectivity index (χ0n) is 14.8. The normalized spacial score (nSPS) is 10.8. The maximum atomic E-state index is 5.27. The van der Waals surface area contributed by atoms with E-state index in [4.69, 9.17) is 9.72 Å². The van der Waals surface area contributed by atoms with Gasteiger partial charge in [0.05, 0.1) is 17.3 Å². The zero-order valence-corrected chi connectivity index (χ0v) is 15.6. The lowest BCUT2D eigenvalue weighted by molar-refractivity contribution is 0.414. The number of thiazole rings is 1. The summed E-state index contributed by atoms with van der Waals surface area (Å²) in [7, 11) is 1.69. The van der Waals surface area contributed by atoms with E-state index in [1.54, 1.807) is 18.4 Å². The number of aromatic nitrogens is 1. The van der Waals surface area contributed by atoms with Crippen LogP contribution in [-0.4, -0.2) is 12.1 Å². The maximum Gasteiger partial charge on any atom is 0.124 e. The van der Waals surface area contributed by atoms with Gasteiger partial charge in [0.1, 0.15) is 10.8 Å². The highest BCUT2D eigenvalue weighted by Crippen LogP contribution is 2.31. The number of aryl methyl sites for hydroxylation is 1. The second-order valence-electron chi connectivity index (χ2n) is 6.27. The van der Waals surface area contributed by atoms with Gasteiger partial charge in [-0.2, -0.15) is 0 Å². The molecular weight excluding hydrogens is 340 g/mol. The molecule has 26 heavy (non-hydrogen) atoms. The smallest absolute Gasteiger partial charge is 0.124 e. The minimum absolute atomic E-state index is 0.761. The van der Waals surface area contributed by atoms with E-state index in [0.717, 1.165) is 34.1 Å². The fourth-order valence-corrected chi connectivity index (χ4v) is 3.94. The number of nitrogens with one attached hydrogen (secondary N) is 1. The summed E-state index contributed by atoms with van der Waals surface area (Å²) < 4.78 is 6.51. The highest BCUT2D eigenvalue weighted by atomic mass is 32.1. The van der Waals surface area contributed by atoms with Gasteiger partial charge in [-0.15, -0.1) is 11.3 Å². The molecule has 0 aliphatic rings. The van der Waals surface area contributed by atoms with Gasteiger partial charge in [-0.25, -0.2) is 4.98 Å². The lowest BCUT2D eigenvalue weighted by Gasteiger charge is -2.08. The molecule has 0 radical (unpaired) electrons. The second-order valence-corrected chi connectivity index (χ2v) is 7.30. The van der Waals surface area contributed by atoms with Crippen LogP contribution in [0.5, 0.6) is 5.75 Å². The number of hydrogen-bond donors (Lipinski definition) is 1. The minimum atomic E-state index is 0.761. The quantitative estimate of drug-likeness (QED) is 0.482. The van der Waals surface area contributed by atoms with Crippen LogP contribution < -0.4 is 10.1 Å². The van der Waals surface area contributed by atoms with Crippen LogP contribution in [0.4, 0.5) is 5.69 Å². The van der Waals surface area contributed by atoms with Crippen LogP contribution in [-0.2, 0) is 6.54 Å². The van der Waals surface area contributed by atoms with E-state index in [9.17, 15) is 0 Å². The largest absolute Gasteiger partial charge is 0.497 e. The molecule has 0 bridgehead atoms. The number of ether oxygens (including phenoxy) is 1. The van der Waals surface area contributed by atoms with Crippen molar-refractivity contribution in [2.24, 2.45) is 0 Å². The van der Waals surface area contributed by atoms with Crippen molar-refractivity contribution in [1.82, 2.24) is 4.98 Å². The van der Waals surface area contributed by atoms with Crippen LogP contribution in [0.25, 0.3) is 20.8 Å². The molecule has 4 aromatic rings. The molecule has 4 heteroatoms. The molecule has 3 nitrogen and oxygen atoms in total. The van der Waals surface area contributed by atoms with Crippen LogP contribution in [0.2, 0.25) is 0 Å². The number of fused-ring (bicyclic) bond motifs is 1. The fourth-order valence-electron chi connectivity index (χ4n) is 2.87. The summed E-state index contributed by atoms with van der Waals surface area (Å²) in [4.78, 5) is 4.75. The van der Waals surface area contributed by atoms with E-state index in [1.165, 1.54) is 15.8 Å². The van der Waals surface area contributed by atoms with E-state index in [0.29, 0.717) is 0 Å². The maximum absolute atomic E-state index is 5.27. The summed E-state index contributed by atoms with van der Waals surface area (Å²) in [6.45, 7) is 2.87. The number of hydrogen-bond acceptors (Lipinski definition) is 4. The van der Waals surface area contributed by atoms with Crippen LogP contribution in [0.1, 0.15) is 11.1 Å². The molecule has 0 aliphatic heterocycles. The van der Waals surface area contributed by atoms with Gasteiger partial charge in [0.15, 0.2) is 0 Å². The highest BCUT2D eigenvalue weighted by Gasteiger charge is 2.06. The van der Waals surface area contributed by atoms with E-state index in [1.807, 2.05) is 18.2 Å². The Morgan fingerprint density at radius 3 is 2.65 bits per heavy atom. The predicted octanol–water partition coefficient (Wildman–Crippen LogP) is 5.89. The fraction of sp³-hybridized carbons (Fsp3) is 0.136. The van der Waals surface area contributed by atoms with Gasteiger partial charge in [0, 0.05) is 17.8 Å². The molecule has 0 amide bonds. The standard InChI is InChI=1S/C22H20N2OS/c1-15-6-11-20-21(12-15)26-22(24-20)17-7-9-18(10-8-17)23-14-16-4-3-5-19(13-16)25-2/h3-13,23H,14H2,1-2H3. The first-order valence-corrected chi connectivity index (χ1v) is 9.37. The van der Waals surface area contributed by atoms with Crippen molar-refractivity contribution in [3.63, 3.8) is 0 Å². The summed E-state index contributed by atoms with van der Waals surface area (Å²) in [5.74, 6) is 0.880. The summed E-state index contributed by atoms with van der Waals surface area (Å²) in [5.41, 5.74) is 5.76. The average Bonchev–Trinajstić information content (AvgIpc) is 3.10. The SMILES string of the molecule is COc1cccc(CNc2ccc(-c3nc4ccc(C)cc4s3)cc2)c1. The van der Waals surface area contributed by atoms with Crippen molar-refractivity contribution >= 4 is 27.2 Å². The molecule has 0 saturated carbocycles. The van der Waals surface area contributed by atoms with Gasteiger partial charge in [0.25, 0.3) is 0 Å². The van der Waals surface area contributed by atoms with E-state index >= 15 is 0 Å². The molecule has 0 atom stereocenters. The lowest BCUT2D eigenvalue weighted by atomic mass is 10.2. The molecule has 0 unspecified atom stereocenters. The van der Waals surface area contributed by atoms with Crippen molar-refractivity contribution in [1.29, 1.82) is 0 Å². The van der Waals surface area contributed by atoms with Crippen molar-refractivity contribution in [2.45, 2.75) is 13.5 Å². The third-order valence-electron chi connectivity index (χ3n) is 4.31. The first kappa shape index (κ1) is 16.6. The summed E-state index contributed by atoms with van der Waals surface area (Å²) >= 11 is 1.74. The molecule has 3 aromatic carbocycles. The second kappa shape index (κ2) is 7.18. The van der Waals surface area contributed by atoms with Crippen LogP contribution in [0, 0.1) is 6.92 Å². The molecule has 0 spiro atoms. The summed E-state index contributed by atoms with van der Waals surface area (Å²) in [5, 5.41) is 4.51. The van der Waals surface area contributed by atoms with Gasteiger partial charge >= 0.3 is 0 Å². The Bertz CT molecular complexity index is 1040. The molecule has 0 fully saturated rings. The Labute approximate surface area is 157 Å². The number of methoxy groups -OCH3 is 1. The molecular formula is C22H20N2OS. The lowest BCUT2D eigenvalue weighted by Crippen LogP contribution is -1.99. The monoisotopic (exact) mass is 360 g/mol. The first-order valence-electron chi connectivity index (χ1n) is 8.56. The van der Waals surface area contributed by atoms with Crippen molar-refractivity contribution in [3.8, 4) is 16.3 Å². The molecule has 0 aliphatic carbocycles. The van der Waals surface area contributed by atoms with E-state index in [2.05, 4.69) is 60.8 Å². The van der Waals surface area contributed by atoms with Crippen molar-refractivity contribution in [3.05, 3.63) is 77.9 Å². The van der Waals surface area contributed by atoms with Gasteiger partial charge in [-0.1, -0.05) is 18.2 Å². The minimum Gasteiger partial charge on any atom is -0.497 e. The molecule has 0 saturated heterocycles.